The van der Waals surface area contributed by atoms with E-state index in [1.165, 1.54) is 0 Å². The van der Waals surface area contributed by atoms with Gasteiger partial charge in [0.1, 0.15) is 18.0 Å². The lowest BCUT2D eigenvalue weighted by Gasteiger charge is -2.36. The molecular weight excluding hydrogens is 354 g/mol. The van der Waals surface area contributed by atoms with Crippen LogP contribution in [0.5, 0.6) is 11.5 Å². The Morgan fingerprint density at radius 2 is 1.75 bits per heavy atom. The fourth-order valence-electron chi connectivity index (χ4n) is 3.78. The van der Waals surface area contributed by atoms with Crippen molar-refractivity contribution in [2.45, 2.75) is 6.54 Å². The molecule has 0 atom stereocenters. The number of benzene rings is 2. The molecule has 1 fully saturated rings. The molecule has 0 aliphatic carbocycles. The van der Waals surface area contributed by atoms with Crippen molar-refractivity contribution in [1.29, 1.82) is 0 Å². The van der Waals surface area contributed by atoms with E-state index in [1.54, 1.807) is 14.2 Å². The van der Waals surface area contributed by atoms with Crippen LogP contribution in [-0.4, -0.2) is 55.8 Å². The number of fused-ring (bicyclic) bond motifs is 1. The molecule has 4 rings (SSSR count). The number of amides is 1. The standard InChI is InChI=1S/C22H25N3O3/c1-27-18-7-8-19-17(15-18)9-10-25(19)16-22(26)24-13-11-23(12-14-24)20-5-3-4-6-21(20)28-2/h3-10,15H,11-14,16H2,1-2H3. The maximum Gasteiger partial charge on any atom is 0.242 e. The van der Waals surface area contributed by atoms with Crippen LogP contribution in [0.3, 0.4) is 0 Å². The third-order valence-corrected chi connectivity index (χ3v) is 5.34. The first-order chi connectivity index (χ1) is 13.7. The largest absolute Gasteiger partial charge is 0.497 e. The highest BCUT2D eigenvalue weighted by atomic mass is 16.5. The molecule has 28 heavy (non-hydrogen) atoms. The highest BCUT2D eigenvalue weighted by Gasteiger charge is 2.23. The van der Waals surface area contributed by atoms with Crippen LogP contribution in [-0.2, 0) is 11.3 Å². The van der Waals surface area contributed by atoms with Crippen LogP contribution in [0.25, 0.3) is 10.9 Å². The van der Waals surface area contributed by atoms with E-state index in [4.69, 9.17) is 9.47 Å². The second kappa shape index (κ2) is 7.84. The van der Waals surface area contributed by atoms with Gasteiger partial charge in [0.25, 0.3) is 0 Å². The number of hydrogen-bond donors (Lipinski definition) is 0. The maximum absolute atomic E-state index is 12.8. The van der Waals surface area contributed by atoms with E-state index in [0.29, 0.717) is 19.6 Å². The number of aromatic nitrogens is 1. The predicted molar refractivity (Wildman–Crippen MR) is 110 cm³/mol. The molecule has 0 spiro atoms. The molecule has 3 aromatic rings. The third-order valence-electron chi connectivity index (χ3n) is 5.34. The lowest BCUT2D eigenvalue weighted by atomic mass is 10.2. The molecule has 6 heteroatoms. The monoisotopic (exact) mass is 379 g/mol. The van der Waals surface area contributed by atoms with E-state index in [1.807, 2.05) is 58.1 Å². The Balaban J connectivity index is 1.41. The number of hydrogen-bond acceptors (Lipinski definition) is 4. The lowest BCUT2D eigenvalue weighted by molar-refractivity contribution is -0.132. The first kappa shape index (κ1) is 18.2. The molecule has 0 saturated carbocycles. The van der Waals surface area contributed by atoms with E-state index >= 15 is 0 Å². The highest BCUT2D eigenvalue weighted by Crippen LogP contribution is 2.28. The molecule has 1 amide bonds. The number of ether oxygens (including phenoxy) is 2. The lowest BCUT2D eigenvalue weighted by Crippen LogP contribution is -2.49. The smallest absolute Gasteiger partial charge is 0.242 e. The Hall–Kier alpha value is -3.15. The van der Waals surface area contributed by atoms with Crippen molar-refractivity contribution < 1.29 is 14.3 Å². The van der Waals surface area contributed by atoms with E-state index in [-0.39, 0.29) is 5.91 Å². The fraction of sp³-hybridized carbons (Fsp3) is 0.318. The van der Waals surface area contributed by atoms with Gasteiger partial charge in [0.2, 0.25) is 5.91 Å². The van der Waals surface area contributed by atoms with Gasteiger partial charge in [-0.05, 0) is 36.4 Å². The van der Waals surface area contributed by atoms with Crippen molar-refractivity contribution in [2.75, 3.05) is 45.3 Å². The van der Waals surface area contributed by atoms with Crippen LogP contribution in [0.2, 0.25) is 0 Å². The van der Waals surface area contributed by atoms with E-state index in [2.05, 4.69) is 11.0 Å². The highest BCUT2D eigenvalue weighted by molar-refractivity contribution is 5.84. The minimum atomic E-state index is 0.146. The van der Waals surface area contributed by atoms with Crippen LogP contribution in [0, 0.1) is 0 Å². The number of anilines is 1. The Labute approximate surface area is 164 Å². The zero-order chi connectivity index (χ0) is 19.5. The summed E-state index contributed by atoms with van der Waals surface area (Å²) in [5.74, 6) is 1.84. The molecule has 0 N–H and O–H groups in total. The molecule has 146 valence electrons. The van der Waals surface area contributed by atoms with Gasteiger partial charge >= 0.3 is 0 Å². The summed E-state index contributed by atoms with van der Waals surface area (Å²) in [7, 11) is 3.35. The van der Waals surface area contributed by atoms with Crippen LogP contribution in [0.1, 0.15) is 0 Å². The number of rotatable bonds is 5. The summed E-state index contributed by atoms with van der Waals surface area (Å²) in [6, 6.07) is 16.0. The normalized spacial score (nSPS) is 14.4. The molecule has 0 unspecified atom stereocenters. The second-order valence-electron chi connectivity index (χ2n) is 6.91. The van der Waals surface area contributed by atoms with Gasteiger partial charge in [0.05, 0.1) is 19.9 Å². The molecule has 1 aromatic heterocycles. The van der Waals surface area contributed by atoms with Crippen LogP contribution < -0.4 is 14.4 Å². The Bertz CT molecular complexity index is 974. The zero-order valence-electron chi connectivity index (χ0n) is 16.3. The van der Waals surface area contributed by atoms with Crippen molar-refractivity contribution >= 4 is 22.5 Å². The molecular formula is C22H25N3O3. The molecule has 2 aromatic carbocycles. The van der Waals surface area contributed by atoms with Gasteiger partial charge in [-0.2, -0.15) is 0 Å². The van der Waals surface area contributed by atoms with Gasteiger partial charge in [0.15, 0.2) is 0 Å². The van der Waals surface area contributed by atoms with Crippen molar-refractivity contribution in [3.8, 4) is 11.5 Å². The van der Waals surface area contributed by atoms with E-state index in [0.717, 1.165) is 41.2 Å². The minimum Gasteiger partial charge on any atom is -0.497 e. The van der Waals surface area contributed by atoms with Gasteiger partial charge in [-0.25, -0.2) is 0 Å². The summed E-state index contributed by atoms with van der Waals surface area (Å²) >= 11 is 0. The number of nitrogens with zero attached hydrogens (tertiary/aromatic N) is 3. The Kier molecular flexibility index (Phi) is 5.10. The number of carbonyl (C=O) groups is 1. The SMILES string of the molecule is COc1ccc2c(ccn2CC(=O)N2CCN(c3ccccc3OC)CC2)c1. The maximum atomic E-state index is 12.8. The van der Waals surface area contributed by atoms with Crippen molar-refractivity contribution in [3.05, 3.63) is 54.7 Å². The second-order valence-corrected chi connectivity index (χ2v) is 6.91. The van der Waals surface area contributed by atoms with Gasteiger partial charge < -0.3 is 23.8 Å². The zero-order valence-corrected chi connectivity index (χ0v) is 16.3. The molecule has 2 heterocycles. The van der Waals surface area contributed by atoms with Crippen molar-refractivity contribution in [1.82, 2.24) is 9.47 Å². The quantitative estimate of drug-likeness (QED) is 0.684. The number of methoxy groups -OCH3 is 2. The van der Waals surface area contributed by atoms with Crippen molar-refractivity contribution in [3.63, 3.8) is 0 Å². The Morgan fingerprint density at radius 1 is 0.964 bits per heavy atom. The van der Waals surface area contributed by atoms with E-state index < -0.39 is 0 Å². The Morgan fingerprint density at radius 3 is 2.50 bits per heavy atom. The first-order valence-electron chi connectivity index (χ1n) is 9.48. The summed E-state index contributed by atoms with van der Waals surface area (Å²) < 4.78 is 12.7. The van der Waals surface area contributed by atoms with Gasteiger partial charge in [0, 0.05) is 43.3 Å². The fourth-order valence-corrected chi connectivity index (χ4v) is 3.78. The third kappa shape index (κ3) is 3.50. The number of para-hydroxylation sites is 2. The molecule has 6 nitrogen and oxygen atoms in total. The van der Waals surface area contributed by atoms with Crippen molar-refractivity contribution in [2.24, 2.45) is 0 Å². The first-order valence-corrected chi connectivity index (χ1v) is 9.48. The predicted octanol–water partition coefficient (Wildman–Crippen LogP) is 3.01. The summed E-state index contributed by atoms with van der Waals surface area (Å²) in [4.78, 5) is 17.1. The molecule has 0 radical (unpaired) electrons. The molecule has 1 saturated heterocycles. The number of piperazine rings is 1. The number of carbonyl (C=O) groups excluding carboxylic acids is 1. The molecule has 0 bridgehead atoms. The van der Waals surface area contributed by atoms with Gasteiger partial charge in [-0.3, -0.25) is 4.79 Å². The van der Waals surface area contributed by atoms with Gasteiger partial charge in [-0.1, -0.05) is 12.1 Å². The van der Waals surface area contributed by atoms with Crippen LogP contribution in [0.15, 0.2) is 54.7 Å². The summed E-state index contributed by atoms with van der Waals surface area (Å²) in [5.41, 5.74) is 2.13. The average Bonchev–Trinajstić information content (AvgIpc) is 3.15. The van der Waals surface area contributed by atoms with Gasteiger partial charge in [-0.15, -0.1) is 0 Å². The van der Waals surface area contributed by atoms with Crippen LogP contribution >= 0.6 is 0 Å². The minimum absolute atomic E-state index is 0.146. The summed E-state index contributed by atoms with van der Waals surface area (Å²) in [6.45, 7) is 3.38. The van der Waals surface area contributed by atoms with Crippen LogP contribution in [0.4, 0.5) is 5.69 Å². The molecule has 1 aliphatic rings. The molecule has 1 aliphatic heterocycles. The summed E-state index contributed by atoms with van der Waals surface area (Å²) in [5, 5.41) is 1.08. The summed E-state index contributed by atoms with van der Waals surface area (Å²) in [6.07, 6.45) is 1.97. The average molecular weight is 379 g/mol. The topological polar surface area (TPSA) is 46.9 Å². The van der Waals surface area contributed by atoms with E-state index in [9.17, 15) is 4.79 Å².